The van der Waals surface area contributed by atoms with Gasteiger partial charge in [-0.3, -0.25) is 0 Å². The van der Waals surface area contributed by atoms with Gasteiger partial charge in [0.25, 0.3) is 0 Å². The minimum atomic E-state index is 0.376. The Hall–Kier alpha value is -4.23. The second kappa shape index (κ2) is 9.10. The van der Waals surface area contributed by atoms with Crippen LogP contribution in [-0.2, 0) is 13.2 Å². The Morgan fingerprint density at radius 3 is 2.52 bits per heavy atom. The molecule has 0 radical (unpaired) electrons. The van der Waals surface area contributed by atoms with Crippen LogP contribution in [0.1, 0.15) is 11.1 Å². The van der Waals surface area contributed by atoms with Crippen LogP contribution in [-0.4, -0.2) is 26.6 Å². The van der Waals surface area contributed by atoms with Crippen molar-refractivity contribution in [3.63, 3.8) is 0 Å². The quantitative estimate of drug-likeness (QED) is 0.394. The van der Waals surface area contributed by atoms with Crippen molar-refractivity contribution in [3.05, 3.63) is 96.3 Å². The van der Waals surface area contributed by atoms with Crippen molar-refractivity contribution in [2.75, 3.05) is 12.8 Å². The van der Waals surface area contributed by atoms with Crippen molar-refractivity contribution in [2.24, 2.45) is 0 Å². The molecule has 7 nitrogen and oxygen atoms in total. The fraction of sp³-hybridized carbons (Fsp3) is 0.115. The molecule has 33 heavy (non-hydrogen) atoms. The monoisotopic (exact) mass is 436 g/mol. The van der Waals surface area contributed by atoms with Gasteiger partial charge in [0.1, 0.15) is 29.9 Å². The first-order chi connectivity index (χ1) is 16.2. The average molecular weight is 437 g/mol. The molecule has 0 atom stereocenters. The molecule has 0 aliphatic heterocycles. The number of fused-ring (bicyclic) bond motifs is 1. The van der Waals surface area contributed by atoms with Crippen LogP contribution in [0.3, 0.4) is 0 Å². The Morgan fingerprint density at radius 2 is 1.73 bits per heavy atom. The first-order valence-corrected chi connectivity index (χ1v) is 10.7. The zero-order valence-electron chi connectivity index (χ0n) is 18.3. The van der Waals surface area contributed by atoms with Gasteiger partial charge in [-0.2, -0.15) is 5.10 Å². The number of hydrogen-bond acceptors (Lipinski definition) is 6. The van der Waals surface area contributed by atoms with E-state index in [1.807, 2.05) is 73.8 Å². The third-order valence-electron chi connectivity index (χ3n) is 5.41. The number of aromatic nitrogens is 4. The van der Waals surface area contributed by atoms with Gasteiger partial charge in [0.05, 0.1) is 0 Å². The molecule has 3 aromatic carbocycles. The highest BCUT2D eigenvalue weighted by Crippen LogP contribution is 2.33. The van der Waals surface area contributed by atoms with Gasteiger partial charge < -0.3 is 15.8 Å². The summed E-state index contributed by atoms with van der Waals surface area (Å²) in [6.07, 6.45) is 1.45. The number of nitrogens with zero attached hydrogens (tertiary/aromatic N) is 4. The van der Waals surface area contributed by atoms with Gasteiger partial charge in [-0.05, 0) is 30.3 Å². The summed E-state index contributed by atoms with van der Waals surface area (Å²) >= 11 is 0. The molecule has 0 unspecified atom stereocenters. The lowest BCUT2D eigenvalue weighted by Crippen LogP contribution is -2.04. The van der Waals surface area contributed by atoms with Gasteiger partial charge in [-0.1, -0.05) is 66.7 Å². The highest BCUT2D eigenvalue weighted by atomic mass is 16.5. The number of nitrogen functional groups attached to an aromatic ring is 1. The number of anilines is 1. The summed E-state index contributed by atoms with van der Waals surface area (Å²) < 4.78 is 7.77. The van der Waals surface area contributed by atoms with E-state index in [0.29, 0.717) is 29.5 Å². The summed E-state index contributed by atoms with van der Waals surface area (Å²) in [6.45, 7) is 1.29. The molecule has 0 aliphatic carbocycles. The largest absolute Gasteiger partial charge is 0.489 e. The number of benzene rings is 3. The second-order valence-electron chi connectivity index (χ2n) is 7.72. The molecule has 5 aromatic rings. The van der Waals surface area contributed by atoms with Crippen LogP contribution < -0.4 is 15.8 Å². The van der Waals surface area contributed by atoms with E-state index in [4.69, 9.17) is 15.5 Å². The minimum absolute atomic E-state index is 0.376. The maximum Gasteiger partial charge on any atom is 0.162 e. The first kappa shape index (κ1) is 20.7. The molecule has 0 aliphatic rings. The van der Waals surface area contributed by atoms with Gasteiger partial charge in [0.2, 0.25) is 0 Å². The number of ether oxygens (including phenoxy) is 1. The third kappa shape index (κ3) is 4.26. The highest BCUT2D eigenvalue weighted by molar-refractivity contribution is 5.87. The molecule has 2 heterocycles. The van der Waals surface area contributed by atoms with Gasteiger partial charge in [-0.25, -0.2) is 14.5 Å². The summed E-state index contributed by atoms with van der Waals surface area (Å²) in [6, 6.07) is 26.2. The van der Waals surface area contributed by atoms with Crippen LogP contribution in [0.25, 0.3) is 28.2 Å². The smallest absolute Gasteiger partial charge is 0.162 e. The van der Waals surface area contributed by atoms with Crippen LogP contribution in [0.5, 0.6) is 5.75 Å². The second-order valence-corrected chi connectivity index (χ2v) is 7.72. The molecule has 0 bridgehead atoms. The Bertz CT molecular complexity index is 1380. The molecular weight excluding hydrogens is 412 g/mol. The predicted molar refractivity (Wildman–Crippen MR) is 130 cm³/mol. The van der Waals surface area contributed by atoms with E-state index in [0.717, 1.165) is 29.0 Å². The summed E-state index contributed by atoms with van der Waals surface area (Å²) in [4.78, 5) is 9.14. The van der Waals surface area contributed by atoms with Crippen LogP contribution >= 0.6 is 0 Å². The van der Waals surface area contributed by atoms with E-state index in [1.165, 1.54) is 11.9 Å². The van der Waals surface area contributed by atoms with Crippen molar-refractivity contribution < 1.29 is 4.74 Å². The average Bonchev–Trinajstić information content (AvgIpc) is 3.25. The Kier molecular flexibility index (Phi) is 5.70. The lowest BCUT2D eigenvalue weighted by molar-refractivity contribution is 0.306. The highest BCUT2D eigenvalue weighted by Gasteiger charge is 2.18. The van der Waals surface area contributed by atoms with Crippen molar-refractivity contribution in [3.8, 4) is 28.4 Å². The van der Waals surface area contributed by atoms with E-state index in [9.17, 15) is 0 Å². The van der Waals surface area contributed by atoms with Gasteiger partial charge >= 0.3 is 0 Å². The van der Waals surface area contributed by atoms with Gasteiger partial charge in [0.15, 0.2) is 11.6 Å². The lowest BCUT2D eigenvalue weighted by Gasteiger charge is -2.08. The van der Waals surface area contributed by atoms with Crippen molar-refractivity contribution >= 4 is 11.3 Å². The standard InChI is InChI=1S/C26H24N6O/c1-28-15-18-10-12-20(13-11-18)26-31-23(24-25(27)29-17-30-32(24)26)21-8-5-9-22(14-21)33-16-19-6-3-2-4-7-19/h2-14,17,28H,15-16H2,1H3,(H2,27,29,30). The fourth-order valence-electron chi connectivity index (χ4n) is 3.79. The number of imidazole rings is 1. The molecule has 0 fully saturated rings. The molecule has 0 spiro atoms. The van der Waals surface area contributed by atoms with Crippen molar-refractivity contribution in [2.45, 2.75) is 13.2 Å². The SMILES string of the molecule is CNCc1ccc(-c2nc(-c3cccc(OCc4ccccc4)c3)c3c(N)ncnn23)cc1. The maximum absolute atomic E-state index is 6.27. The molecule has 2 aromatic heterocycles. The molecule has 164 valence electrons. The summed E-state index contributed by atoms with van der Waals surface area (Å²) in [7, 11) is 1.93. The summed E-state index contributed by atoms with van der Waals surface area (Å²) in [5.41, 5.74) is 11.8. The Labute approximate surface area is 191 Å². The van der Waals surface area contributed by atoms with Crippen LogP contribution in [0.2, 0.25) is 0 Å². The van der Waals surface area contributed by atoms with Crippen LogP contribution in [0, 0.1) is 0 Å². The lowest BCUT2D eigenvalue weighted by atomic mass is 10.1. The van der Waals surface area contributed by atoms with E-state index in [-0.39, 0.29) is 0 Å². The van der Waals surface area contributed by atoms with Crippen LogP contribution in [0.15, 0.2) is 85.2 Å². The number of hydrogen-bond donors (Lipinski definition) is 2. The number of rotatable bonds is 7. The summed E-state index contributed by atoms with van der Waals surface area (Å²) in [5.74, 6) is 1.84. The van der Waals surface area contributed by atoms with Crippen molar-refractivity contribution in [1.29, 1.82) is 0 Å². The molecule has 7 heteroatoms. The molecule has 5 rings (SSSR count). The number of nitrogens with one attached hydrogen (secondary N) is 1. The van der Waals surface area contributed by atoms with Crippen LogP contribution in [0.4, 0.5) is 5.82 Å². The topological polar surface area (TPSA) is 90.4 Å². The molecular formula is C26H24N6O. The van der Waals surface area contributed by atoms with E-state index < -0.39 is 0 Å². The summed E-state index contributed by atoms with van der Waals surface area (Å²) in [5, 5.41) is 7.60. The van der Waals surface area contributed by atoms with Gasteiger partial charge in [0, 0.05) is 17.7 Å². The normalized spacial score (nSPS) is 11.1. The minimum Gasteiger partial charge on any atom is -0.489 e. The zero-order chi connectivity index (χ0) is 22.6. The van der Waals surface area contributed by atoms with Gasteiger partial charge in [-0.15, -0.1) is 0 Å². The predicted octanol–water partition coefficient (Wildman–Crippen LogP) is 4.34. The Balaban J connectivity index is 1.53. The first-order valence-electron chi connectivity index (χ1n) is 10.7. The number of nitrogens with two attached hydrogens (primary N) is 1. The van der Waals surface area contributed by atoms with E-state index in [2.05, 4.69) is 27.5 Å². The maximum atomic E-state index is 6.27. The molecule has 0 saturated heterocycles. The molecule has 0 saturated carbocycles. The van der Waals surface area contributed by atoms with E-state index >= 15 is 0 Å². The Morgan fingerprint density at radius 1 is 0.909 bits per heavy atom. The molecule has 3 N–H and O–H groups in total. The molecule has 0 amide bonds. The van der Waals surface area contributed by atoms with Crippen molar-refractivity contribution in [1.82, 2.24) is 24.9 Å². The third-order valence-corrected chi connectivity index (χ3v) is 5.41. The fourth-order valence-corrected chi connectivity index (χ4v) is 3.79. The van der Waals surface area contributed by atoms with E-state index in [1.54, 1.807) is 4.52 Å². The zero-order valence-corrected chi connectivity index (χ0v) is 18.3.